The van der Waals surface area contributed by atoms with Crippen LogP contribution in [0, 0.1) is 11.2 Å². The second-order valence-corrected chi connectivity index (χ2v) is 7.70. The molecule has 176 valence electrons. The highest BCUT2D eigenvalue weighted by atomic mass is 35.5. The van der Waals surface area contributed by atoms with Gasteiger partial charge in [-0.15, -0.1) is 0 Å². The van der Waals surface area contributed by atoms with E-state index in [4.69, 9.17) is 38.0 Å². The molecular weight excluding hydrogens is 463 g/mol. The Balaban J connectivity index is 1.70. The van der Waals surface area contributed by atoms with Gasteiger partial charge in [0.1, 0.15) is 29.8 Å². The molecule has 0 heterocycles. The molecule has 8 nitrogen and oxygen atoms in total. The minimum Gasteiger partial charge on any atom is -0.489 e. The van der Waals surface area contributed by atoms with E-state index in [9.17, 15) is 14.0 Å². The number of carbonyl (C=O) groups is 2. The molecule has 10 heteroatoms. The summed E-state index contributed by atoms with van der Waals surface area (Å²) in [4.78, 5) is 23.9. The Kier molecular flexibility index (Phi) is 8.05. The van der Waals surface area contributed by atoms with Crippen molar-refractivity contribution in [2.45, 2.75) is 13.2 Å². The zero-order valence-corrected chi connectivity index (χ0v) is 18.7. The fourth-order valence-electron chi connectivity index (χ4n) is 2.99. The molecule has 0 aliphatic rings. The van der Waals surface area contributed by atoms with Crippen LogP contribution in [0.4, 0.5) is 4.39 Å². The molecular formula is C24H22ClFN4O4. The van der Waals surface area contributed by atoms with Crippen LogP contribution >= 0.6 is 11.6 Å². The zero-order chi connectivity index (χ0) is 24.7. The summed E-state index contributed by atoms with van der Waals surface area (Å²) in [7, 11) is 0. The monoisotopic (exact) mass is 484 g/mol. The SMILES string of the molecule is N=C(N)c1ccc(CNC(=O)c2cc(Cl)cc(COc3ccc(F)cc3)c2)c(OCC(N)=O)c1. The summed E-state index contributed by atoms with van der Waals surface area (Å²) in [5, 5.41) is 10.7. The number of hydrogen-bond acceptors (Lipinski definition) is 5. The predicted molar refractivity (Wildman–Crippen MR) is 126 cm³/mol. The maximum Gasteiger partial charge on any atom is 0.255 e. The van der Waals surface area contributed by atoms with E-state index in [2.05, 4.69) is 5.32 Å². The number of primary amides is 1. The van der Waals surface area contributed by atoms with Crippen LogP contribution in [0.25, 0.3) is 0 Å². The van der Waals surface area contributed by atoms with Gasteiger partial charge in [0.05, 0.1) is 0 Å². The number of hydrogen-bond donors (Lipinski definition) is 4. The molecule has 0 fully saturated rings. The number of carbonyl (C=O) groups excluding carboxylic acids is 2. The van der Waals surface area contributed by atoms with Crippen molar-refractivity contribution in [1.29, 1.82) is 5.41 Å². The molecule has 0 radical (unpaired) electrons. The minimum atomic E-state index is -0.669. The number of halogens is 2. The predicted octanol–water partition coefficient (Wildman–Crippen LogP) is 3.14. The van der Waals surface area contributed by atoms with E-state index in [-0.39, 0.29) is 37.2 Å². The van der Waals surface area contributed by atoms with Crippen molar-refractivity contribution in [3.8, 4) is 11.5 Å². The molecule has 0 bridgehead atoms. The fraction of sp³-hybridized carbons (Fsp3) is 0.125. The molecule has 3 rings (SSSR count). The molecule has 0 aliphatic heterocycles. The number of amidine groups is 1. The van der Waals surface area contributed by atoms with E-state index in [1.54, 1.807) is 24.3 Å². The normalized spacial score (nSPS) is 10.4. The van der Waals surface area contributed by atoms with Crippen LogP contribution < -0.4 is 26.3 Å². The summed E-state index contributed by atoms with van der Waals surface area (Å²) >= 11 is 6.18. The smallest absolute Gasteiger partial charge is 0.255 e. The van der Waals surface area contributed by atoms with Crippen LogP contribution in [0.5, 0.6) is 11.5 Å². The summed E-state index contributed by atoms with van der Waals surface area (Å²) in [5.41, 5.74) is 12.6. The molecule has 0 unspecified atom stereocenters. The average Bonchev–Trinajstić information content (AvgIpc) is 2.80. The first kappa shape index (κ1) is 24.5. The number of nitrogens with two attached hydrogens (primary N) is 2. The topological polar surface area (TPSA) is 141 Å². The third-order valence-corrected chi connectivity index (χ3v) is 4.84. The van der Waals surface area contributed by atoms with Crippen molar-refractivity contribution in [1.82, 2.24) is 5.32 Å². The fourth-order valence-corrected chi connectivity index (χ4v) is 3.25. The number of ether oxygens (including phenoxy) is 2. The van der Waals surface area contributed by atoms with Crippen LogP contribution in [0.1, 0.15) is 27.0 Å². The van der Waals surface area contributed by atoms with Crippen LogP contribution in [0.2, 0.25) is 5.02 Å². The molecule has 6 N–H and O–H groups in total. The van der Waals surface area contributed by atoms with Gasteiger partial charge in [0.25, 0.3) is 11.8 Å². The Morgan fingerprint density at radius 1 is 0.971 bits per heavy atom. The number of nitrogen functional groups attached to an aromatic ring is 1. The van der Waals surface area contributed by atoms with E-state index in [1.165, 1.54) is 36.4 Å². The molecule has 34 heavy (non-hydrogen) atoms. The molecule has 0 aliphatic carbocycles. The summed E-state index contributed by atoms with van der Waals surface area (Å²) in [6, 6.07) is 15.1. The Bertz CT molecular complexity index is 1220. The Morgan fingerprint density at radius 2 is 1.71 bits per heavy atom. The standard InChI is InChI=1S/C24H22ClFN4O4/c25-18-8-14(12-33-20-5-3-19(26)4-6-20)7-17(9-18)24(32)30-11-16-2-1-15(23(28)29)10-21(16)34-13-22(27)31/h1-10H,11-13H2,(H2,27,31)(H3,28,29)(H,30,32). The van der Waals surface area contributed by atoms with Crippen LogP contribution in [0.3, 0.4) is 0 Å². The molecule has 0 saturated heterocycles. The number of rotatable bonds is 10. The molecule has 3 aromatic rings. The van der Waals surface area contributed by atoms with Crippen LogP contribution in [-0.4, -0.2) is 24.3 Å². The second-order valence-electron chi connectivity index (χ2n) is 7.26. The van der Waals surface area contributed by atoms with E-state index in [0.29, 0.717) is 33.0 Å². The van der Waals surface area contributed by atoms with E-state index in [0.717, 1.165) is 0 Å². The van der Waals surface area contributed by atoms with Crippen molar-refractivity contribution >= 4 is 29.3 Å². The lowest BCUT2D eigenvalue weighted by Gasteiger charge is -2.14. The van der Waals surface area contributed by atoms with E-state index < -0.39 is 11.8 Å². The maximum absolute atomic E-state index is 13.0. The van der Waals surface area contributed by atoms with Gasteiger partial charge < -0.3 is 26.3 Å². The lowest BCUT2D eigenvalue weighted by molar-refractivity contribution is -0.119. The van der Waals surface area contributed by atoms with Gasteiger partial charge in [-0.2, -0.15) is 0 Å². The first-order valence-electron chi connectivity index (χ1n) is 10.1. The van der Waals surface area contributed by atoms with Gasteiger partial charge in [-0.1, -0.05) is 23.7 Å². The van der Waals surface area contributed by atoms with Gasteiger partial charge in [-0.05, 0) is 54.1 Å². The average molecular weight is 485 g/mol. The Hall–Kier alpha value is -4.11. The van der Waals surface area contributed by atoms with Gasteiger partial charge in [0.2, 0.25) is 0 Å². The third-order valence-electron chi connectivity index (χ3n) is 4.63. The number of nitrogens with one attached hydrogen (secondary N) is 2. The lowest BCUT2D eigenvalue weighted by Crippen LogP contribution is -2.25. The van der Waals surface area contributed by atoms with Crippen molar-refractivity contribution < 1.29 is 23.5 Å². The number of amides is 2. The first-order valence-corrected chi connectivity index (χ1v) is 10.4. The summed E-state index contributed by atoms with van der Waals surface area (Å²) in [6.45, 7) is -0.170. The van der Waals surface area contributed by atoms with Gasteiger partial charge >= 0.3 is 0 Å². The molecule has 3 aromatic carbocycles. The third kappa shape index (κ3) is 6.94. The molecule has 0 atom stereocenters. The highest BCUT2D eigenvalue weighted by Crippen LogP contribution is 2.22. The maximum atomic E-state index is 13.0. The van der Waals surface area contributed by atoms with Crippen molar-refractivity contribution in [2.75, 3.05) is 6.61 Å². The molecule has 0 saturated carbocycles. The van der Waals surface area contributed by atoms with Crippen molar-refractivity contribution in [3.63, 3.8) is 0 Å². The second kappa shape index (κ2) is 11.2. The number of benzene rings is 3. The Morgan fingerprint density at radius 3 is 2.38 bits per heavy atom. The molecule has 2 amide bonds. The van der Waals surface area contributed by atoms with Crippen LogP contribution in [0.15, 0.2) is 60.7 Å². The van der Waals surface area contributed by atoms with Gasteiger partial charge in [0.15, 0.2) is 6.61 Å². The van der Waals surface area contributed by atoms with Gasteiger partial charge in [-0.3, -0.25) is 15.0 Å². The van der Waals surface area contributed by atoms with E-state index in [1.807, 2.05) is 0 Å². The minimum absolute atomic E-state index is 0.0685. The highest BCUT2D eigenvalue weighted by molar-refractivity contribution is 6.31. The van der Waals surface area contributed by atoms with Crippen molar-refractivity contribution in [3.05, 3.63) is 93.8 Å². The quantitative estimate of drug-likeness (QED) is 0.258. The van der Waals surface area contributed by atoms with Gasteiger partial charge in [-0.25, -0.2) is 4.39 Å². The molecule has 0 aromatic heterocycles. The largest absolute Gasteiger partial charge is 0.489 e. The van der Waals surface area contributed by atoms with Crippen LogP contribution in [-0.2, 0) is 17.9 Å². The van der Waals surface area contributed by atoms with Crippen molar-refractivity contribution in [2.24, 2.45) is 11.5 Å². The Labute approximate surface area is 200 Å². The summed E-state index contributed by atoms with van der Waals surface area (Å²) in [5.74, 6) is -0.863. The zero-order valence-electron chi connectivity index (χ0n) is 17.9. The lowest BCUT2D eigenvalue weighted by atomic mass is 10.1. The van der Waals surface area contributed by atoms with Gasteiger partial charge in [0, 0.05) is 28.3 Å². The first-order chi connectivity index (χ1) is 16.2. The summed E-state index contributed by atoms with van der Waals surface area (Å²) in [6.07, 6.45) is 0. The molecule has 0 spiro atoms. The highest BCUT2D eigenvalue weighted by Gasteiger charge is 2.13. The van der Waals surface area contributed by atoms with E-state index >= 15 is 0 Å². The summed E-state index contributed by atoms with van der Waals surface area (Å²) < 4.78 is 24.1.